The zero-order chi connectivity index (χ0) is 29.4. The van der Waals surface area contributed by atoms with Crippen LogP contribution in [0.15, 0.2) is 65.2 Å². The van der Waals surface area contributed by atoms with Gasteiger partial charge >= 0.3 is 5.97 Å². The molecule has 4 atom stereocenters. The predicted octanol–water partition coefficient (Wildman–Crippen LogP) is 6.67. The Balaban J connectivity index is 1.56. The number of nitro groups is 1. The number of carbonyl (C=O) groups excluding carboxylic acids is 2. The summed E-state index contributed by atoms with van der Waals surface area (Å²) >= 11 is 1.57. The average molecular weight is 583 g/mol. The molecular formula is C30H38N2O6SSi. The van der Waals surface area contributed by atoms with Gasteiger partial charge in [0.2, 0.25) is 5.91 Å². The van der Waals surface area contributed by atoms with Crippen LogP contribution in [0.4, 0.5) is 5.69 Å². The molecular weight excluding hydrogens is 544 g/mol. The van der Waals surface area contributed by atoms with E-state index in [0.717, 1.165) is 10.5 Å². The molecule has 0 N–H and O–H groups in total. The highest BCUT2D eigenvalue weighted by Crippen LogP contribution is 2.52. The van der Waals surface area contributed by atoms with E-state index in [1.54, 1.807) is 28.8 Å². The minimum absolute atomic E-state index is 0.0107. The quantitative estimate of drug-likeness (QED) is 0.101. The number of benzene rings is 2. The van der Waals surface area contributed by atoms with Crippen LogP contribution in [0, 0.1) is 22.0 Å². The Morgan fingerprint density at radius 3 is 2.30 bits per heavy atom. The van der Waals surface area contributed by atoms with Crippen molar-refractivity contribution in [2.24, 2.45) is 11.8 Å². The molecule has 2 aliphatic rings. The van der Waals surface area contributed by atoms with Crippen LogP contribution in [0.2, 0.25) is 18.1 Å². The summed E-state index contributed by atoms with van der Waals surface area (Å²) in [7, 11) is -2.11. The molecule has 214 valence electrons. The van der Waals surface area contributed by atoms with Gasteiger partial charge < -0.3 is 14.1 Å². The predicted molar refractivity (Wildman–Crippen MR) is 159 cm³/mol. The minimum Gasteiger partial charge on any atom is -0.456 e. The van der Waals surface area contributed by atoms with E-state index in [-0.39, 0.29) is 47.2 Å². The van der Waals surface area contributed by atoms with Crippen LogP contribution in [0.25, 0.3) is 0 Å². The molecule has 1 fully saturated rings. The van der Waals surface area contributed by atoms with Gasteiger partial charge in [0, 0.05) is 28.7 Å². The molecule has 2 heterocycles. The topological polar surface area (TPSA) is 99.0 Å². The number of nitro benzene ring substituents is 1. The van der Waals surface area contributed by atoms with Crippen LogP contribution in [0.5, 0.6) is 0 Å². The van der Waals surface area contributed by atoms with Crippen molar-refractivity contribution in [2.45, 2.75) is 77.3 Å². The number of non-ortho nitro benzene ring substituents is 1. The van der Waals surface area contributed by atoms with Crippen molar-refractivity contribution in [3.8, 4) is 0 Å². The van der Waals surface area contributed by atoms with Crippen molar-refractivity contribution in [2.75, 3.05) is 0 Å². The first-order valence-electron chi connectivity index (χ1n) is 13.5. The summed E-state index contributed by atoms with van der Waals surface area (Å²) in [6.07, 6.45) is -0.270. The average Bonchev–Trinajstić information content (AvgIpc) is 3.13. The third-order valence-electron chi connectivity index (χ3n) is 8.33. The Hall–Kier alpha value is -2.95. The third kappa shape index (κ3) is 5.89. The summed E-state index contributed by atoms with van der Waals surface area (Å²) in [5, 5.41) is 11.0. The van der Waals surface area contributed by atoms with Crippen LogP contribution in [-0.2, 0) is 31.1 Å². The van der Waals surface area contributed by atoms with E-state index in [1.165, 1.54) is 12.1 Å². The van der Waals surface area contributed by atoms with Gasteiger partial charge in [-0.1, -0.05) is 58.0 Å². The van der Waals surface area contributed by atoms with Crippen molar-refractivity contribution in [3.63, 3.8) is 0 Å². The number of thioether (sulfide) groups is 1. The van der Waals surface area contributed by atoms with Crippen LogP contribution in [0.1, 0.15) is 45.7 Å². The molecule has 0 unspecified atom stereocenters. The maximum atomic E-state index is 13.6. The number of hydrogen-bond donors (Lipinski definition) is 0. The maximum absolute atomic E-state index is 13.6. The van der Waals surface area contributed by atoms with Crippen molar-refractivity contribution in [1.29, 1.82) is 0 Å². The molecule has 0 spiro atoms. The number of esters is 1. The van der Waals surface area contributed by atoms with Gasteiger partial charge in [-0.2, -0.15) is 0 Å². The van der Waals surface area contributed by atoms with Crippen molar-refractivity contribution in [3.05, 3.63) is 86.4 Å². The second-order valence-corrected chi connectivity index (χ2v) is 17.9. The van der Waals surface area contributed by atoms with Crippen molar-refractivity contribution >= 4 is 37.6 Å². The molecule has 0 saturated carbocycles. The molecule has 4 rings (SSSR count). The van der Waals surface area contributed by atoms with Gasteiger partial charge in [0.15, 0.2) is 8.32 Å². The molecule has 40 heavy (non-hydrogen) atoms. The number of ether oxygens (including phenoxy) is 1. The van der Waals surface area contributed by atoms with Crippen LogP contribution < -0.4 is 0 Å². The normalized spacial score (nSPS) is 21.6. The number of nitrogens with zero attached hydrogens (tertiary/aromatic N) is 2. The fraction of sp³-hybridized carbons (Fsp3) is 0.467. The Morgan fingerprint density at radius 1 is 1.10 bits per heavy atom. The summed E-state index contributed by atoms with van der Waals surface area (Å²) < 4.78 is 12.3. The highest BCUT2D eigenvalue weighted by atomic mass is 32.2. The minimum atomic E-state index is -2.11. The van der Waals surface area contributed by atoms with Crippen LogP contribution >= 0.6 is 11.8 Å². The van der Waals surface area contributed by atoms with E-state index in [2.05, 4.69) is 40.8 Å². The molecule has 0 bridgehead atoms. The standard InChI is InChI=1S/C30H38N2O6SSi/c1-19-25-24(20(2)38-40(6,7)30(3,4)5)28(33)31(25)26(27(19)39-18-22-11-9-8-10-12-22)29(34)37-17-21-13-15-23(16-14-21)32(35)36/h8-16,19-20,24-25H,17-18H2,1-7H3/t19-,20-,24-,25-/m1/s1. The molecule has 2 aliphatic heterocycles. The molecule has 0 aliphatic carbocycles. The Morgan fingerprint density at radius 2 is 1.73 bits per heavy atom. The lowest BCUT2D eigenvalue weighted by molar-refractivity contribution is -0.384. The van der Waals surface area contributed by atoms with Gasteiger partial charge in [0.05, 0.1) is 23.0 Å². The number of β-lactam (4-membered cyclic amide) rings is 1. The number of fused-ring (bicyclic) bond motifs is 1. The second kappa shape index (κ2) is 11.5. The van der Waals surface area contributed by atoms with Gasteiger partial charge in [0.1, 0.15) is 12.3 Å². The molecule has 1 saturated heterocycles. The summed E-state index contributed by atoms with van der Waals surface area (Å²) in [4.78, 5) is 40.1. The lowest BCUT2D eigenvalue weighted by atomic mass is 9.79. The Labute approximate surface area is 241 Å². The highest BCUT2D eigenvalue weighted by Gasteiger charge is 2.61. The summed E-state index contributed by atoms with van der Waals surface area (Å²) in [6.45, 7) is 14.9. The third-order valence-corrected chi connectivity index (χ3v) is 14.3. The lowest BCUT2D eigenvalue weighted by Gasteiger charge is -2.50. The number of carbonyl (C=O) groups is 2. The number of amides is 1. The first-order valence-corrected chi connectivity index (χ1v) is 17.4. The largest absolute Gasteiger partial charge is 0.456 e. The second-order valence-electron chi connectivity index (χ2n) is 12.1. The zero-order valence-corrected chi connectivity index (χ0v) is 26.0. The van der Waals surface area contributed by atoms with Crippen molar-refractivity contribution < 1.29 is 23.7 Å². The van der Waals surface area contributed by atoms with Crippen molar-refractivity contribution in [1.82, 2.24) is 4.90 Å². The molecule has 0 aromatic heterocycles. The van der Waals surface area contributed by atoms with Gasteiger partial charge in [-0.25, -0.2) is 4.79 Å². The van der Waals surface area contributed by atoms with Gasteiger partial charge in [-0.15, -0.1) is 11.8 Å². The fourth-order valence-electron chi connectivity index (χ4n) is 5.07. The molecule has 0 radical (unpaired) electrons. The van der Waals surface area contributed by atoms with E-state index in [1.807, 2.05) is 37.3 Å². The van der Waals surface area contributed by atoms with E-state index in [9.17, 15) is 19.7 Å². The number of rotatable bonds is 10. The Bertz CT molecular complexity index is 1310. The Kier molecular flexibility index (Phi) is 8.63. The summed E-state index contributed by atoms with van der Waals surface area (Å²) in [5.74, 6) is -0.399. The smallest absolute Gasteiger partial charge is 0.356 e. The molecule has 1 amide bonds. The SMILES string of the molecule is C[C@@H](O[Si](C)(C)C(C)(C)C)[C@H]1C(=O)N2C(C(=O)OCc3ccc([N+](=O)[O-])cc3)=C(SCc3ccccc3)[C@H](C)[C@H]12. The highest BCUT2D eigenvalue weighted by molar-refractivity contribution is 8.02. The van der Waals surface area contributed by atoms with E-state index in [0.29, 0.717) is 17.0 Å². The zero-order valence-electron chi connectivity index (χ0n) is 24.2. The van der Waals surface area contributed by atoms with Gasteiger partial charge in [0.25, 0.3) is 5.69 Å². The van der Waals surface area contributed by atoms with Gasteiger partial charge in [-0.05, 0) is 48.3 Å². The summed E-state index contributed by atoms with van der Waals surface area (Å²) in [5.41, 5.74) is 2.03. The first-order chi connectivity index (χ1) is 18.7. The summed E-state index contributed by atoms with van der Waals surface area (Å²) in [6, 6.07) is 15.7. The lowest BCUT2D eigenvalue weighted by Crippen LogP contribution is -2.65. The van der Waals surface area contributed by atoms with E-state index < -0.39 is 19.2 Å². The molecule has 2 aromatic carbocycles. The number of hydrogen-bond acceptors (Lipinski definition) is 7. The van der Waals surface area contributed by atoms with Crippen LogP contribution in [0.3, 0.4) is 0 Å². The van der Waals surface area contributed by atoms with E-state index >= 15 is 0 Å². The fourth-order valence-corrected chi connectivity index (χ4v) is 7.74. The van der Waals surface area contributed by atoms with E-state index in [4.69, 9.17) is 9.16 Å². The molecule has 8 nitrogen and oxygen atoms in total. The van der Waals surface area contributed by atoms with Crippen LogP contribution in [-0.4, -0.2) is 42.2 Å². The van der Waals surface area contributed by atoms with Gasteiger partial charge in [-0.3, -0.25) is 14.9 Å². The molecule has 10 heteroatoms. The first kappa shape index (κ1) is 30.0. The molecule has 2 aromatic rings. The maximum Gasteiger partial charge on any atom is 0.356 e. The monoisotopic (exact) mass is 582 g/mol.